The maximum absolute atomic E-state index is 10.9. The van der Waals surface area contributed by atoms with E-state index < -0.39 is 20.4 Å². The molecule has 10 heteroatoms. The molecule has 0 aliphatic carbocycles. The average molecular weight is 213 g/mol. The first-order chi connectivity index (χ1) is 5.41. The molecule has 2 heterocycles. The minimum atomic E-state index is -4.00. The van der Waals surface area contributed by atoms with E-state index in [0.29, 0.717) is 4.47 Å². The molecule has 8 nitrogen and oxygen atoms in total. The van der Waals surface area contributed by atoms with Gasteiger partial charge in [0.2, 0.25) is 0 Å². The highest BCUT2D eigenvalue weighted by atomic mass is 32.3. The number of nitrogens with zero attached hydrogens (tertiary/aromatic N) is 3. The third-order valence-corrected chi connectivity index (χ3v) is 4.74. The van der Waals surface area contributed by atoms with E-state index in [9.17, 15) is 16.8 Å². The Morgan fingerprint density at radius 3 is 2.25 bits per heavy atom. The summed E-state index contributed by atoms with van der Waals surface area (Å²) in [7, 11) is -6.86. The van der Waals surface area contributed by atoms with Gasteiger partial charge in [0.15, 0.2) is 0 Å². The molecular weight excluding hydrogens is 210 g/mol. The largest absolute Gasteiger partial charge is 0.369 e. The molecule has 1 saturated heterocycles. The molecule has 0 unspecified atom stereocenters. The normalized spacial score (nSPS) is 28.2. The standard InChI is InChI=1S/C2H3N3O5S2/c1-10-4-2-3-11(6,7)5(2)12(4,8)9/h1H3. The zero-order valence-corrected chi connectivity index (χ0v) is 7.33. The summed E-state index contributed by atoms with van der Waals surface area (Å²) in [4.78, 5) is 4.34. The highest BCUT2D eigenvalue weighted by Gasteiger charge is 2.63. The van der Waals surface area contributed by atoms with Crippen LogP contribution in [0.4, 0.5) is 0 Å². The lowest BCUT2D eigenvalue weighted by Gasteiger charge is -2.43. The summed E-state index contributed by atoms with van der Waals surface area (Å²) in [6.07, 6.45) is 0. The van der Waals surface area contributed by atoms with E-state index in [2.05, 4.69) is 9.24 Å². The van der Waals surface area contributed by atoms with Crippen LogP contribution in [-0.2, 0) is 25.3 Å². The monoisotopic (exact) mass is 213 g/mol. The average Bonchev–Trinajstić information content (AvgIpc) is 1.83. The second-order valence-electron chi connectivity index (χ2n) is 1.98. The Morgan fingerprint density at radius 2 is 1.92 bits per heavy atom. The lowest BCUT2D eigenvalue weighted by Crippen LogP contribution is -2.70. The highest BCUT2D eigenvalue weighted by molar-refractivity contribution is 8.07. The Kier molecular flexibility index (Phi) is 1.12. The molecule has 0 saturated carbocycles. The number of rotatable bonds is 1. The molecule has 1 fully saturated rings. The third kappa shape index (κ3) is 0.585. The lowest BCUT2D eigenvalue weighted by molar-refractivity contribution is -0.00986. The van der Waals surface area contributed by atoms with Crippen molar-refractivity contribution in [1.29, 1.82) is 0 Å². The fourth-order valence-corrected chi connectivity index (χ4v) is 3.77. The van der Waals surface area contributed by atoms with E-state index >= 15 is 0 Å². The molecule has 0 aromatic rings. The van der Waals surface area contributed by atoms with Gasteiger partial charge >= 0.3 is 20.4 Å². The van der Waals surface area contributed by atoms with Gasteiger partial charge < -0.3 is 0 Å². The maximum Gasteiger partial charge on any atom is 0.369 e. The maximum atomic E-state index is 10.9. The summed E-state index contributed by atoms with van der Waals surface area (Å²) in [5, 5.41) is 0. The van der Waals surface area contributed by atoms with Crippen LogP contribution in [0.2, 0.25) is 0 Å². The van der Waals surface area contributed by atoms with E-state index in [1.165, 1.54) is 0 Å². The van der Waals surface area contributed by atoms with E-state index in [-0.39, 0.29) is 9.67 Å². The molecule has 0 atom stereocenters. The van der Waals surface area contributed by atoms with Gasteiger partial charge in [-0.25, -0.2) is 0 Å². The van der Waals surface area contributed by atoms with Crippen LogP contribution in [0.15, 0.2) is 4.40 Å². The summed E-state index contributed by atoms with van der Waals surface area (Å²) in [5.41, 5.74) is 0. The molecule has 0 radical (unpaired) electrons. The first-order valence-electron chi connectivity index (χ1n) is 2.66. The van der Waals surface area contributed by atoms with Crippen LogP contribution in [0.1, 0.15) is 0 Å². The molecule has 0 spiro atoms. The van der Waals surface area contributed by atoms with Gasteiger partial charge in [-0.1, -0.05) is 8.18 Å². The van der Waals surface area contributed by atoms with E-state index in [4.69, 9.17) is 0 Å². The van der Waals surface area contributed by atoms with Gasteiger partial charge in [-0.3, -0.25) is 4.84 Å². The van der Waals surface area contributed by atoms with Gasteiger partial charge in [0.05, 0.1) is 7.11 Å². The van der Waals surface area contributed by atoms with Crippen molar-refractivity contribution in [3.05, 3.63) is 0 Å². The van der Waals surface area contributed by atoms with Crippen molar-refractivity contribution in [2.75, 3.05) is 7.11 Å². The van der Waals surface area contributed by atoms with Crippen LogP contribution in [0.5, 0.6) is 0 Å². The predicted molar refractivity (Wildman–Crippen MR) is 36.0 cm³/mol. The quantitative estimate of drug-likeness (QED) is 0.503. The minimum Gasteiger partial charge on any atom is -0.258 e. The van der Waals surface area contributed by atoms with Crippen molar-refractivity contribution in [2.24, 2.45) is 4.40 Å². The molecule has 2 aliphatic rings. The van der Waals surface area contributed by atoms with Gasteiger partial charge in [0.25, 0.3) is 5.96 Å². The molecular formula is C2H3N3O5S2. The van der Waals surface area contributed by atoms with Crippen molar-refractivity contribution in [3.63, 3.8) is 0 Å². The molecule has 2 aliphatic heterocycles. The molecule has 0 N–H and O–H groups in total. The number of fused-ring (bicyclic) bond motifs is 1. The number of hydroxylamine groups is 1. The molecule has 0 bridgehead atoms. The van der Waals surface area contributed by atoms with E-state index in [1.807, 2.05) is 0 Å². The second-order valence-corrected chi connectivity index (χ2v) is 5.25. The predicted octanol–water partition coefficient (Wildman–Crippen LogP) is -1.98. The number of hydrogen-bond acceptors (Lipinski definition) is 5. The fourth-order valence-electron chi connectivity index (χ4n) is 0.880. The van der Waals surface area contributed by atoms with Gasteiger partial charge in [0.1, 0.15) is 0 Å². The Morgan fingerprint density at radius 1 is 1.33 bits per heavy atom. The van der Waals surface area contributed by atoms with Crippen molar-refractivity contribution >= 4 is 26.4 Å². The first kappa shape index (κ1) is 7.76. The topological polar surface area (TPSA) is 96.3 Å². The van der Waals surface area contributed by atoms with Gasteiger partial charge in [-0.05, 0) is 0 Å². The van der Waals surface area contributed by atoms with Crippen LogP contribution < -0.4 is 0 Å². The van der Waals surface area contributed by atoms with Crippen molar-refractivity contribution in [3.8, 4) is 0 Å². The minimum absolute atomic E-state index is 0.198. The van der Waals surface area contributed by atoms with Crippen LogP contribution in [-0.4, -0.2) is 38.1 Å². The fraction of sp³-hybridized carbons (Fsp3) is 0.500. The summed E-state index contributed by atoms with van der Waals surface area (Å²) < 4.78 is 46.7. The van der Waals surface area contributed by atoms with Crippen LogP contribution in [0.25, 0.3) is 0 Å². The number of guanidine groups is 1. The number of hydrogen-bond donors (Lipinski definition) is 0. The van der Waals surface area contributed by atoms with Crippen LogP contribution >= 0.6 is 0 Å². The van der Waals surface area contributed by atoms with E-state index in [1.54, 1.807) is 0 Å². The van der Waals surface area contributed by atoms with E-state index in [0.717, 1.165) is 7.11 Å². The summed E-state index contributed by atoms with van der Waals surface area (Å²) in [6, 6.07) is 0. The zero-order chi connectivity index (χ0) is 9.15. The second kappa shape index (κ2) is 1.72. The molecule has 0 aromatic heterocycles. The SMILES string of the molecule is CON1C2=NS(=O)(=O)N2S1(=O)=O. The molecule has 0 aromatic carbocycles. The van der Waals surface area contributed by atoms with Crippen molar-refractivity contribution in [2.45, 2.75) is 0 Å². The van der Waals surface area contributed by atoms with Crippen molar-refractivity contribution < 1.29 is 21.7 Å². The first-order valence-corrected chi connectivity index (χ1v) is 5.45. The smallest absolute Gasteiger partial charge is 0.258 e. The molecule has 0 amide bonds. The summed E-state index contributed by atoms with van der Waals surface area (Å²) in [5.74, 6) is -0.225. The molecule has 2 rings (SSSR count). The Bertz CT molecular complexity index is 459. The Hall–Kier alpha value is -0.870. The highest BCUT2D eigenvalue weighted by Crippen LogP contribution is 2.35. The Balaban J connectivity index is 2.56. The molecule has 68 valence electrons. The Labute approximate surface area is 68.4 Å². The third-order valence-electron chi connectivity index (χ3n) is 1.32. The van der Waals surface area contributed by atoms with Gasteiger partial charge in [-0.15, -0.1) is 4.40 Å². The summed E-state index contributed by atoms with van der Waals surface area (Å²) in [6.45, 7) is 0. The van der Waals surface area contributed by atoms with Gasteiger partial charge in [-0.2, -0.15) is 16.8 Å². The summed E-state index contributed by atoms with van der Waals surface area (Å²) >= 11 is 0. The van der Waals surface area contributed by atoms with Crippen LogP contribution in [0, 0.1) is 0 Å². The van der Waals surface area contributed by atoms with Gasteiger partial charge in [0, 0.05) is 0 Å². The van der Waals surface area contributed by atoms with Crippen LogP contribution in [0.3, 0.4) is 0 Å². The lowest BCUT2D eigenvalue weighted by atomic mass is 11.1. The zero-order valence-electron chi connectivity index (χ0n) is 5.70. The van der Waals surface area contributed by atoms with Crippen molar-refractivity contribution in [1.82, 2.24) is 8.18 Å². The molecule has 12 heavy (non-hydrogen) atoms.